The summed E-state index contributed by atoms with van der Waals surface area (Å²) in [6.07, 6.45) is 5.42. The average molecular weight is 309 g/mol. The highest BCUT2D eigenvalue weighted by molar-refractivity contribution is 7.15. The predicted molar refractivity (Wildman–Crippen MR) is 83.9 cm³/mol. The molecule has 0 aromatic carbocycles. The number of aryl methyl sites for hydroxylation is 1. The lowest BCUT2D eigenvalue weighted by Crippen LogP contribution is -2.57. The summed E-state index contributed by atoms with van der Waals surface area (Å²) < 4.78 is 11.9. The zero-order valence-corrected chi connectivity index (χ0v) is 13.4. The molecule has 0 radical (unpaired) electrons. The van der Waals surface area contributed by atoms with E-state index in [0.29, 0.717) is 12.7 Å². The van der Waals surface area contributed by atoms with E-state index in [1.54, 1.807) is 11.3 Å². The van der Waals surface area contributed by atoms with Crippen LogP contribution in [0.15, 0.2) is 12.7 Å². The van der Waals surface area contributed by atoms with E-state index in [0.717, 1.165) is 55.7 Å². The molecule has 3 heterocycles. The van der Waals surface area contributed by atoms with E-state index < -0.39 is 0 Å². The van der Waals surface area contributed by atoms with Crippen molar-refractivity contribution in [1.82, 2.24) is 10.2 Å². The highest BCUT2D eigenvalue weighted by Crippen LogP contribution is 2.42. The Labute approximate surface area is 130 Å². The van der Waals surface area contributed by atoms with Crippen LogP contribution in [0, 0.1) is 12.3 Å². The molecule has 1 aromatic heterocycles. The monoisotopic (exact) mass is 309 g/mol. The van der Waals surface area contributed by atoms with Gasteiger partial charge in [0.2, 0.25) is 5.13 Å². The molecule has 0 N–H and O–H groups in total. The fraction of sp³-hybridized carbons (Fsp3) is 0.733. The summed E-state index contributed by atoms with van der Waals surface area (Å²) in [6, 6.07) is 0. The number of hydrogen-bond acceptors (Lipinski definition) is 6. The van der Waals surface area contributed by atoms with Crippen molar-refractivity contribution in [2.75, 3.05) is 37.8 Å². The van der Waals surface area contributed by atoms with E-state index in [-0.39, 0.29) is 5.41 Å². The number of hydrogen-bond donors (Lipinski definition) is 0. The number of piperidine rings is 1. The van der Waals surface area contributed by atoms with Gasteiger partial charge in [0.1, 0.15) is 5.01 Å². The van der Waals surface area contributed by atoms with Gasteiger partial charge >= 0.3 is 0 Å². The number of nitrogens with zero attached hydrogens (tertiary/aromatic N) is 3. The molecule has 6 heteroatoms. The van der Waals surface area contributed by atoms with E-state index in [2.05, 4.69) is 21.7 Å². The van der Waals surface area contributed by atoms with E-state index in [1.807, 2.05) is 13.0 Å². The summed E-state index contributed by atoms with van der Waals surface area (Å²) in [6.45, 7) is 9.88. The Morgan fingerprint density at radius 2 is 2.48 bits per heavy atom. The first-order valence-electron chi connectivity index (χ1n) is 7.59. The lowest BCUT2D eigenvalue weighted by atomic mass is 9.73. The minimum atomic E-state index is 0.0824. The Bertz CT molecular complexity index is 493. The van der Waals surface area contributed by atoms with Crippen molar-refractivity contribution in [3.05, 3.63) is 17.7 Å². The highest BCUT2D eigenvalue weighted by Gasteiger charge is 2.46. The summed E-state index contributed by atoms with van der Waals surface area (Å²) in [5.74, 6) is 0. The van der Waals surface area contributed by atoms with Crippen molar-refractivity contribution in [2.24, 2.45) is 5.41 Å². The maximum absolute atomic E-state index is 6.04. The second kappa shape index (κ2) is 6.42. The van der Waals surface area contributed by atoms with Crippen LogP contribution >= 0.6 is 11.3 Å². The molecule has 0 unspecified atom stereocenters. The molecule has 5 nitrogen and oxygen atoms in total. The predicted octanol–water partition coefficient (Wildman–Crippen LogP) is 2.42. The number of rotatable bonds is 5. The molecule has 0 spiro atoms. The lowest BCUT2D eigenvalue weighted by molar-refractivity contribution is -0.122. The third kappa shape index (κ3) is 3.12. The first-order chi connectivity index (χ1) is 10.2. The molecule has 0 aliphatic carbocycles. The van der Waals surface area contributed by atoms with Gasteiger partial charge in [-0.25, -0.2) is 0 Å². The number of fused-ring (bicyclic) bond motifs is 1. The molecule has 2 aliphatic heterocycles. The van der Waals surface area contributed by atoms with Crippen LogP contribution in [0.2, 0.25) is 0 Å². The van der Waals surface area contributed by atoms with Crippen LogP contribution in [0.1, 0.15) is 24.3 Å². The molecule has 21 heavy (non-hydrogen) atoms. The molecule has 2 fully saturated rings. The Morgan fingerprint density at radius 3 is 3.24 bits per heavy atom. The summed E-state index contributed by atoms with van der Waals surface area (Å²) in [5.41, 5.74) is 0.0824. The topological polar surface area (TPSA) is 47.5 Å². The molecule has 116 valence electrons. The van der Waals surface area contributed by atoms with Crippen LogP contribution in [-0.4, -0.2) is 49.2 Å². The molecule has 2 atom stereocenters. The molecule has 3 rings (SSSR count). The third-order valence-electron chi connectivity index (χ3n) is 4.40. The molecule has 1 aromatic rings. The van der Waals surface area contributed by atoms with Gasteiger partial charge in [-0.15, -0.1) is 16.8 Å². The molecular formula is C15H23N3O2S. The maximum Gasteiger partial charge on any atom is 0.208 e. The van der Waals surface area contributed by atoms with Gasteiger partial charge in [0.25, 0.3) is 0 Å². The molecule has 0 bridgehead atoms. The standard InChI is InChI=1S/C15H23N3O2S/c1-3-8-19-11-15-6-4-9-20-13(15)5-7-18(10-15)14-17-16-12(2)21-14/h3,13H,1,4-11H2,2H3/t13-,15+/m0/s1. The first-order valence-corrected chi connectivity index (χ1v) is 8.40. The van der Waals surface area contributed by atoms with Crippen molar-refractivity contribution in [3.8, 4) is 0 Å². The molecule has 2 saturated heterocycles. The van der Waals surface area contributed by atoms with E-state index in [1.165, 1.54) is 0 Å². The SMILES string of the molecule is C=CCOC[C@]12CCCO[C@H]1CCN(c1nnc(C)s1)C2. The second-order valence-electron chi connectivity index (χ2n) is 5.94. The fourth-order valence-corrected chi connectivity index (χ4v) is 4.14. The van der Waals surface area contributed by atoms with Gasteiger partial charge in [0.05, 0.1) is 19.3 Å². The number of anilines is 1. The Balaban J connectivity index is 1.75. The van der Waals surface area contributed by atoms with Crippen LogP contribution in [0.4, 0.5) is 5.13 Å². The number of ether oxygens (including phenoxy) is 2. The summed E-state index contributed by atoms with van der Waals surface area (Å²) in [5, 5.41) is 10.5. The minimum Gasteiger partial charge on any atom is -0.377 e. The number of aromatic nitrogens is 2. The Hall–Kier alpha value is -0.980. The largest absolute Gasteiger partial charge is 0.377 e. The summed E-state index contributed by atoms with van der Waals surface area (Å²) >= 11 is 1.67. The Kier molecular flexibility index (Phi) is 4.57. The summed E-state index contributed by atoms with van der Waals surface area (Å²) in [4.78, 5) is 2.35. The third-order valence-corrected chi connectivity index (χ3v) is 5.30. The van der Waals surface area contributed by atoms with E-state index >= 15 is 0 Å². The van der Waals surface area contributed by atoms with Gasteiger partial charge < -0.3 is 14.4 Å². The first kappa shape index (κ1) is 14.9. The zero-order valence-electron chi connectivity index (χ0n) is 12.6. The van der Waals surface area contributed by atoms with Crippen LogP contribution in [0.25, 0.3) is 0 Å². The molecule has 0 amide bonds. The second-order valence-corrected chi connectivity index (χ2v) is 7.10. The van der Waals surface area contributed by atoms with Gasteiger partial charge in [-0.3, -0.25) is 0 Å². The minimum absolute atomic E-state index is 0.0824. The summed E-state index contributed by atoms with van der Waals surface area (Å²) in [7, 11) is 0. The molecular weight excluding hydrogens is 286 g/mol. The van der Waals surface area contributed by atoms with Crippen LogP contribution in [-0.2, 0) is 9.47 Å². The maximum atomic E-state index is 6.04. The van der Waals surface area contributed by atoms with Crippen LogP contribution in [0.5, 0.6) is 0 Å². The van der Waals surface area contributed by atoms with Gasteiger partial charge in [-0.05, 0) is 26.2 Å². The van der Waals surface area contributed by atoms with Crippen molar-refractivity contribution >= 4 is 16.5 Å². The van der Waals surface area contributed by atoms with Gasteiger partial charge in [-0.2, -0.15) is 0 Å². The molecule has 2 aliphatic rings. The van der Waals surface area contributed by atoms with Crippen LogP contribution in [0.3, 0.4) is 0 Å². The highest BCUT2D eigenvalue weighted by atomic mass is 32.1. The Morgan fingerprint density at radius 1 is 1.57 bits per heavy atom. The van der Waals surface area contributed by atoms with Crippen molar-refractivity contribution in [2.45, 2.75) is 32.3 Å². The van der Waals surface area contributed by atoms with Gasteiger partial charge in [-0.1, -0.05) is 17.4 Å². The fourth-order valence-electron chi connectivity index (χ4n) is 3.42. The smallest absolute Gasteiger partial charge is 0.208 e. The van der Waals surface area contributed by atoms with Gasteiger partial charge in [0, 0.05) is 25.1 Å². The van der Waals surface area contributed by atoms with Crippen molar-refractivity contribution in [1.29, 1.82) is 0 Å². The van der Waals surface area contributed by atoms with E-state index in [9.17, 15) is 0 Å². The quantitative estimate of drug-likeness (QED) is 0.617. The molecule has 0 saturated carbocycles. The van der Waals surface area contributed by atoms with Gasteiger partial charge in [0.15, 0.2) is 0 Å². The zero-order chi connectivity index (χ0) is 14.7. The van der Waals surface area contributed by atoms with Crippen LogP contribution < -0.4 is 4.90 Å². The van der Waals surface area contributed by atoms with Crippen molar-refractivity contribution < 1.29 is 9.47 Å². The van der Waals surface area contributed by atoms with Crippen molar-refractivity contribution in [3.63, 3.8) is 0 Å². The van der Waals surface area contributed by atoms with E-state index in [4.69, 9.17) is 9.47 Å². The lowest BCUT2D eigenvalue weighted by Gasteiger charge is -2.50. The normalized spacial score (nSPS) is 29.2. The average Bonchev–Trinajstić information content (AvgIpc) is 2.93.